The molecule has 0 fully saturated rings. The number of carbonyl (C=O) groups is 1. The van der Waals surface area contributed by atoms with Gasteiger partial charge in [0.05, 0.1) is 0 Å². The second-order valence-corrected chi connectivity index (χ2v) is 5.26. The summed E-state index contributed by atoms with van der Waals surface area (Å²) in [6.45, 7) is 5.75. The highest BCUT2D eigenvalue weighted by molar-refractivity contribution is 5.79. The zero-order valence-corrected chi connectivity index (χ0v) is 11.2. The van der Waals surface area contributed by atoms with Gasteiger partial charge in [0.25, 0.3) is 0 Å². The molecule has 0 saturated heterocycles. The Hall–Kier alpha value is -0.950. The zero-order chi connectivity index (χ0) is 14.5. The summed E-state index contributed by atoms with van der Waals surface area (Å²) in [7, 11) is 1.18. The SMILES string of the molecule is COC(C(N)=O)[C@H](O)[C@@H](O)[C@H](O)C=CC(C)(C)C. The fourth-order valence-corrected chi connectivity index (χ4v) is 1.31. The average Bonchev–Trinajstić information content (AvgIpc) is 2.24. The van der Waals surface area contributed by atoms with Crippen molar-refractivity contribution in [3.63, 3.8) is 0 Å². The number of hydrogen-bond donors (Lipinski definition) is 4. The molecule has 0 rings (SSSR count). The highest BCUT2D eigenvalue weighted by Crippen LogP contribution is 2.16. The van der Waals surface area contributed by atoms with Gasteiger partial charge >= 0.3 is 0 Å². The first kappa shape index (κ1) is 17.1. The Morgan fingerprint density at radius 2 is 1.72 bits per heavy atom. The number of ether oxygens (including phenoxy) is 1. The molecule has 18 heavy (non-hydrogen) atoms. The molecular formula is C12H23NO5. The van der Waals surface area contributed by atoms with Crippen molar-refractivity contribution in [2.45, 2.75) is 45.2 Å². The summed E-state index contributed by atoms with van der Waals surface area (Å²) < 4.78 is 4.67. The molecule has 0 aliphatic carbocycles. The van der Waals surface area contributed by atoms with E-state index in [1.165, 1.54) is 13.2 Å². The van der Waals surface area contributed by atoms with E-state index >= 15 is 0 Å². The maximum absolute atomic E-state index is 10.9. The molecule has 0 heterocycles. The number of aliphatic hydroxyl groups is 3. The number of rotatable bonds is 6. The largest absolute Gasteiger partial charge is 0.387 e. The summed E-state index contributed by atoms with van der Waals surface area (Å²) in [4.78, 5) is 10.9. The molecule has 1 amide bonds. The molecule has 0 radical (unpaired) electrons. The van der Waals surface area contributed by atoms with Crippen LogP contribution in [0.3, 0.4) is 0 Å². The number of nitrogens with two attached hydrogens (primary N) is 1. The quantitative estimate of drug-likeness (QED) is 0.466. The van der Waals surface area contributed by atoms with E-state index in [1.807, 2.05) is 20.8 Å². The Bertz CT molecular complexity index is 297. The Kier molecular flexibility index (Phi) is 6.48. The fraction of sp³-hybridized carbons (Fsp3) is 0.750. The Morgan fingerprint density at radius 1 is 1.22 bits per heavy atom. The zero-order valence-electron chi connectivity index (χ0n) is 11.2. The topological polar surface area (TPSA) is 113 Å². The van der Waals surface area contributed by atoms with E-state index in [2.05, 4.69) is 4.74 Å². The summed E-state index contributed by atoms with van der Waals surface area (Å²) in [6, 6.07) is 0. The number of allylic oxidation sites excluding steroid dienone is 1. The molecule has 1 unspecified atom stereocenters. The van der Waals surface area contributed by atoms with E-state index in [9.17, 15) is 20.1 Å². The van der Waals surface area contributed by atoms with Gasteiger partial charge in [0.2, 0.25) is 5.91 Å². The van der Waals surface area contributed by atoms with Crippen molar-refractivity contribution < 1.29 is 24.9 Å². The molecule has 6 heteroatoms. The molecule has 0 bridgehead atoms. The van der Waals surface area contributed by atoms with Gasteiger partial charge in [-0.15, -0.1) is 0 Å². The Labute approximate surface area is 107 Å². The first-order chi connectivity index (χ1) is 8.10. The van der Waals surface area contributed by atoms with Gasteiger partial charge in [0.1, 0.15) is 18.3 Å². The highest BCUT2D eigenvalue weighted by atomic mass is 16.5. The van der Waals surface area contributed by atoms with E-state index in [-0.39, 0.29) is 5.41 Å². The molecule has 106 valence electrons. The number of amides is 1. The van der Waals surface area contributed by atoms with Crippen molar-refractivity contribution in [1.82, 2.24) is 0 Å². The van der Waals surface area contributed by atoms with Crippen LogP contribution in [0.4, 0.5) is 0 Å². The van der Waals surface area contributed by atoms with Crippen LogP contribution in [-0.2, 0) is 9.53 Å². The lowest BCUT2D eigenvalue weighted by atomic mass is 9.94. The van der Waals surface area contributed by atoms with Gasteiger partial charge in [0, 0.05) is 7.11 Å². The second-order valence-electron chi connectivity index (χ2n) is 5.26. The molecule has 4 atom stereocenters. The minimum absolute atomic E-state index is 0.171. The third-order valence-corrected chi connectivity index (χ3v) is 2.34. The lowest BCUT2D eigenvalue weighted by Gasteiger charge is -2.26. The molecule has 5 N–H and O–H groups in total. The maximum atomic E-state index is 10.9. The standard InChI is InChI=1S/C12H23NO5/c1-12(2,3)6-5-7(14)8(15)9(16)10(18-4)11(13)17/h5-10,14-16H,1-4H3,(H2,13,17)/t7-,8+,9-,10?/m1/s1. The van der Waals surface area contributed by atoms with Gasteiger partial charge in [-0.3, -0.25) is 4.79 Å². The van der Waals surface area contributed by atoms with E-state index in [0.29, 0.717) is 0 Å². The van der Waals surface area contributed by atoms with Gasteiger partial charge in [-0.25, -0.2) is 0 Å². The summed E-state index contributed by atoms with van der Waals surface area (Å²) in [6.07, 6.45) is -2.76. The molecule has 0 aromatic heterocycles. The third kappa shape index (κ3) is 5.59. The van der Waals surface area contributed by atoms with Crippen LogP contribution in [0, 0.1) is 5.41 Å². The smallest absolute Gasteiger partial charge is 0.249 e. The number of primary amides is 1. The number of aliphatic hydroxyl groups excluding tert-OH is 3. The predicted octanol–water partition coefficient (Wildman–Crippen LogP) is -0.828. The highest BCUT2D eigenvalue weighted by Gasteiger charge is 2.33. The molecule has 6 nitrogen and oxygen atoms in total. The van der Waals surface area contributed by atoms with E-state index < -0.39 is 30.3 Å². The molecule has 0 spiro atoms. The van der Waals surface area contributed by atoms with Crippen LogP contribution in [0.15, 0.2) is 12.2 Å². The van der Waals surface area contributed by atoms with Gasteiger partial charge in [-0.05, 0) is 5.41 Å². The number of methoxy groups -OCH3 is 1. The van der Waals surface area contributed by atoms with E-state index in [4.69, 9.17) is 5.73 Å². The van der Waals surface area contributed by atoms with Crippen LogP contribution in [0.1, 0.15) is 20.8 Å². The fourth-order valence-electron chi connectivity index (χ4n) is 1.31. The van der Waals surface area contributed by atoms with Crippen LogP contribution < -0.4 is 5.73 Å². The van der Waals surface area contributed by atoms with Crippen molar-refractivity contribution >= 4 is 5.91 Å². The molecule has 0 saturated carbocycles. The van der Waals surface area contributed by atoms with Crippen molar-refractivity contribution in [2.75, 3.05) is 7.11 Å². The van der Waals surface area contributed by atoms with Crippen LogP contribution in [-0.4, -0.2) is 52.8 Å². The molecule has 0 aliphatic heterocycles. The first-order valence-corrected chi connectivity index (χ1v) is 5.66. The molecule has 0 aliphatic rings. The minimum Gasteiger partial charge on any atom is -0.387 e. The maximum Gasteiger partial charge on any atom is 0.249 e. The summed E-state index contributed by atoms with van der Waals surface area (Å²) in [5.74, 6) is -0.906. The average molecular weight is 261 g/mol. The second kappa shape index (κ2) is 6.84. The van der Waals surface area contributed by atoms with Gasteiger partial charge in [0.15, 0.2) is 6.10 Å². The number of carbonyl (C=O) groups excluding carboxylic acids is 1. The minimum atomic E-state index is -1.59. The lowest BCUT2D eigenvalue weighted by molar-refractivity contribution is -0.145. The van der Waals surface area contributed by atoms with Crippen LogP contribution in [0.25, 0.3) is 0 Å². The van der Waals surface area contributed by atoms with E-state index in [1.54, 1.807) is 6.08 Å². The summed E-state index contributed by atoms with van der Waals surface area (Å²) in [5, 5.41) is 29.0. The Balaban J connectivity index is 4.68. The van der Waals surface area contributed by atoms with E-state index in [0.717, 1.165) is 0 Å². The normalized spacial score (nSPS) is 19.5. The monoisotopic (exact) mass is 261 g/mol. The summed E-state index contributed by atoms with van der Waals surface area (Å²) in [5.41, 5.74) is 4.82. The van der Waals surface area contributed by atoms with Crippen LogP contribution in [0.2, 0.25) is 0 Å². The van der Waals surface area contributed by atoms with Crippen molar-refractivity contribution in [1.29, 1.82) is 0 Å². The summed E-state index contributed by atoms with van der Waals surface area (Å²) >= 11 is 0. The van der Waals surface area contributed by atoms with Crippen molar-refractivity contribution in [3.05, 3.63) is 12.2 Å². The van der Waals surface area contributed by atoms with Crippen LogP contribution >= 0.6 is 0 Å². The lowest BCUT2D eigenvalue weighted by Crippen LogP contribution is -2.50. The van der Waals surface area contributed by atoms with Gasteiger partial charge in [-0.2, -0.15) is 0 Å². The van der Waals surface area contributed by atoms with Gasteiger partial charge in [-0.1, -0.05) is 32.9 Å². The predicted molar refractivity (Wildman–Crippen MR) is 66.6 cm³/mol. The molecule has 0 aromatic carbocycles. The van der Waals surface area contributed by atoms with Crippen molar-refractivity contribution in [2.24, 2.45) is 11.1 Å². The Morgan fingerprint density at radius 3 is 2.06 bits per heavy atom. The molecule has 0 aromatic rings. The third-order valence-electron chi connectivity index (χ3n) is 2.34. The first-order valence-electron chi connectivity index (χ1n) is 5.66. The van der Waals surface area contributed by atoms with Crippen molar-refractivity contribution in [3.8, 4) is 0 Å². The van der Waals surface area contributed by atoms with Crippen LogP contribution in [0.5, 0.6) is 0 Å². The molecular weight excluding hydrogens is 238 g/mol. The number of hydrogen-bond acceptors (Lipinski definition) is 5. The van der Waals surface area contributed by atoms with Gasteiger partial charge < -0.3 is 25.8 Å².